The van der Waals surface area contributed by atoms with E-state index in [1.165, 1.54) is 5.56 Å². The molecule has 0 saturated heterocycles. The van der Waals surface area contributed by atoms with Gasteiger partial charge < -0.3 is 10.4 Å². The Kier molecular flexibility index (Phi) is 5.83. The van der Waals surface area contributed by atoms with Crippen molar-refractivity contribution in [3.8, 4) is 0 Å². The van der Waals surface area contributed by atoms with Crippen molar-refractivity contribution in [1.82, 2.24) is 5.32 Å². The maximum absolute atomic E-state index is 9.03. The Labute approximate surface area is 111 Å². The summed E-state index contributed by atoms with van der Waals surface area (Å²) in [7, 11) is 0. The summed E-state index contributed by atoms with van der Waals surface area (Å²) < 4.78 is 0. The summed E-state index contributed by atoms with van der Waals surface area (Å²) in [5.74, 6) is 0.496. The zero-order valence-corrected chi connectivity index (χ0v) is 12.1. The zero-order chi connectivity index (χ0) is 13.6. The molecule has 0 aliphatic carbocycles. The molecular weight excluding hydrogens is 222 g/mol. The summed E-state index contributed by atoms with van der Waals surface area (Å²) in [6, 6.07) is 11.0. The van der Waals surface area contributed by atoms with Gasteiger partial charge in [0, 0.05) is 19.2 Å². The van der Waals surface area contributed by atoms with Crippen molar-refractivity contribution in [1.29, 1.82) is 0 Å². The first-order chi connectivity index (χ1) is 8.46. The minimum Gasteiger partial charge on any atom is -0.396 e. The highest BCUT2D eigenvalue weighted by atomic mass is 16.3. The van der Waals surface area contributed by atoms with Crippen molar-refractivity contribution in [3.63, 3.8) is 0 Å². The van der Waals surface area contributed by atoms with Crippen LogP contribution < -0.4 is 5.32 Å². The van der Waals surface area contributed by atoms with Crippen LogP contribution in [0.1, 0.15) is 45.6 Å². The molecule has 2 heteroatoms. The van der Waals surface area contributed by atoms with E-state index in [0.717, 1.165) is 13.0 Å². The van der Waals surface area contributed by atoms with Crippen LogP contribution in [0, 0.1) is 5.41 Å². The zero-order valence-electron chi connectivity index (χ0n) is 12.1. The molecule has 2 nitrogen and oxygen atoms in total. The minimum atomic E-state index is 0.152. The lowest BCUT2D eigenvalue weighted by Crippen LogP contribution is -2.38. The van der Waals surface area contributed by atoms with Crippen LogP contribution in [0.25, 0.3) is 0 Å². The van der Waals surface area contributed by atoms with Gasteiger partial charge in [-0.3, -0.25) is 0 Å². The predicted octanol–water partition coefficient (Wildman–Crippen LogP) is 3.18. The van der Waals surface area contributed by atoms with Gasteiger partial charge >= 0.3 is 0 Å². The van der Waals surface area contributed by atoms with E-state index in [9.17, 15) is 0 Å². The van der Waals surface area contributed by atoms with Crippen molar-refractivity contribution in [3.05, 3.63) is 35.9 Å². The molecule has 2 atom stereocenters. The second kappa shape index (κ2) is 6.91. The van der Waals surface area contributed by atoms with Crippen LogP contribution in [0.5, 0.6) is 0 Å². The fourth-order valence-electron chi connectivity index (χ4n) is 2.05. The van der Waals surface area contributed by atoms with Crippen LogP contribution in [0.2, 0.25) is 0 Å². The van der Waals surface area contributed by atoms with Crippen LogP contribution in [0.3, 0.4) is 0 Å². The Balaban J connectivity index is 2.48. The van der Waals surface area contributed by atoms with E-state index < -0.39 is 0 Å². The summed E-state index contributed by atoms with van der Waals surface area (Å²) in [6.07, 6.45) is 0.840. The molecule has 0 radical (unpaired) electrons. The van der Waals surface area contributed by atoms with Crippen molar-refractivity contribution in [2.45, 2.75) is 46.1 Å². The quantitative estimate of drug-likeness (QED) is 0.778. The molecule has 1 aromatic carbocycles. The van der Waals surface area contributed by atoms with Gasteiger partial charge in [-0.1, -0.05) is 51.1 Å². The molecule has 1 rings (SSSR count). The number of rotatable bonds is 7. The number of benzene rings is 1. The third-order valence-corrected chi connectivity index (χ3v) is 3.77. The molecule has 0 aromatic heterocycles. The van der Waals surface area contributed by atoms with E-state index in [1.54, 1.807) is 0 Å². The number of aliphatic hydroxyl groups is 1. The standard InChI is InChI=1S/C16H27NO/c1-13(15-8-6-5-7-9-15)14(2)17-12-16(3,4)10-11-18/h5-9,13-14,17-18H,10-12H2,1-4H3. The average Bonchev–Trinajstić information content (AvgIpc) is 2.36. The highest BCUT2D eigenvalue weighted by Crippen LogP contribution is 2.22. The predicted molar refractivity (Wildman–Crippen MR) is 77.8 cm³/mol. The number of hydrogen-bond donors (Lipinski definition) is 2. The van der Waals surface area contributed by atoms with Gasteiger partial charge in [-0.15, -0.1) is 0 Å². The van der Waals surface area contributed by atoms with Crippen LogP contribution in [0.4, 0.5) is 0 Å². The smallest absolute Gasteiger partial charge is 0.0436 e. The molecule has 0 spiro atoms. The molecule has 0 aliphatic heterocycles. The second-order valence-corrected chi connectivity index (χ2v) is 6.01. The molecule has 0 aliphatic rings. The molecular formula is C16H27NO. The van der Waals surface area contributed by atoms with Gasteiger partial charge in [-0.05, 0) is 30.2 Å². The monoisotopic (exact) mass is 249 g/mol. The first kappa shape index (κ1) is 15.2. The highest BCUT2D eigenvalue weighted by Gasteiger charge is 2.20. The third kappa shape index (κ3) is 4.79. The average molecular weight is 249 g/mol. The topological polar surface area (TPSA) is 32.3 Å². The summed E-state index contributed by atoms with van der Waals surface area (Å²) in [6.45, 7) is 10.1. The molecule has 0 saturated carbocycles. The molecule has 2 N–H and O–H groups in total. The Morgan fingerprint density at radius 2 is 1.78 bits per heavy atom. The van der Waals surface area contributed by atoms with E-state index in [-0.39, 0.29) is 12.0 Å². The van der Waals surface area contributed by atoms with Gasteiger partial charge in [0.05, 0.1) is 0 Å². The molecule has 18 heavy (non-hydrogen) atoms. The summed E-state index contributed by atoms with van der Waals surface area (Å²) in [5.41, 5.74) is 1.52. The second-order valence-electron chi connectivity index (χ2n) is 6.01. The fraction of sp³-hybridized carbons (Fsp3) is 0.625. The molecule has 102 valence electrons. The maximum atomic E-state index is 9.03. The van der Waals surface area contributed by atoms with E-state index in [2.05, 4.69) is 63.3 Å². The van der Waals surface area contributed by atoms with Gasteiger partial charge in [0.25, 0.3) is 0 Å². The van der Waals surface area contributed by atoms with Gasteiger partial charge in [0.15, 0.2) is 0 Å². The SMILES string of the molecule is CC(NCC(C)(C)CCO)C(C)c1ccccc1. The first-order valence-corrected chi connectivity index (χ1v) is 6.85. The molecule has 0 heterocycles. The molecule has 0 bridgehead atoms. The molecule has 0 fully saturated rings. The summed E-state index contributed by atoms with van der Waals surface area (Å²) in [5, 5.41) is 12.6. The molecule has 1 aromatic rings. The van der Waals surface area contributed by atoms with Crippen molar-refractivity contribution < 1.29 is 5.11 Å². The Morgan fingerprint density at radius 3 is 2.33 bits per heavy atom. The lowest BCUT2D eigenvalue weighted by molar-refractivity contribution is 0.202. The number of nitrogens with one attached hydrogen (secondary N) is 1. The Bertz CT molecular complexity index is 334. The lowest BCUT2D eigenvalue weighted by Gasteiger charge is -2.29. The van der Waals surface area contributed by atoms with Crippen molar-refractivity contribution in [2.24, 2.45) is 5.41 Å². The largest absolute Gasteiger partial charge is 0.396 e. The van der Waals surface area contributed by atoms with E-state index in [4.69, 9.17) is 5.11 Å². The number of aliphatic hydroxyl groups excluding tert-OH is 1. The van der Waals surface area contributed by atoms with E-state index in [1.807, 2.05) is 0 Å². The Morgan fingerprint density at radius 1 is 1.17 bits per heavy atom. The van der Waals surface area contributed by atoms with Gasteiger partial charge in [0.1, 0.15) is 0 Å². The first-order valence-electron chi connectivity index (χ1n) is 6.85. The Hall–Kier alpha value is -0.860. The van der Waals surface area contributed by atoms with Crippen molar-refractivity contribution in [2.75, 3.05) is 13.2 Å². The fourth-order valence-corrected chi connectivity index (χ4v) is 2.05. The van der Waals surface area contributed by atoms with Crippen LogP contribution in [-0.2, 0) is 0 Å². The van der Waals surface area contributed by atoms with Crippen LogP contribution >= 0.6 is 0 Å². The molecule has 0 amide bonds. The van der Waals surface area contributed by atoms with Crippen LogP contribution in [-0.4, -0.2) is 24.3 Å². The highest BCUT2D eigenvalue weighted by molar-refractivity contribution is 5.20. The third-order valence-electron chi connectivity index (χ3n) is 3.77. The normalized spacial score (nSPS) is 15.4. The van der Waals surface area contributed by atoms with Crippen molar-refractivity contribution >= 4 is 0 Å². The van der Waals surface area contributed by atoms with E-state index >= 15 is 0 Å². The summed E-state index contributed by atoms with van der Waals surface area (Å²) >= 11 is 0. The molecule has 2 unspecified atom stereocenters. The van der Waals surface area contributed by atoms with E-state index in [0.29, 0.717) is 12.0 Å². The van der Waals surface area contributed by atoms with Crippen LogP contribution in [0.15, 0.2) is 30.3 Å². The van der Waals surface area contributed by atoms with Gasteiger partial charge in [-0.2, -0.15) is 0 Å². The van der Waals surface area contributed by atoms with Gasteiger partial charge in [0.2, 0.25) is 0 Å². The lowest BCUT2D eigenvalue weighted by atomic mass is 9.88. The maximum Gasteiger partial charge on any atom is 0.0436 e. The minimum absolute atomic E-state index is 0.152. The summed E-state index contributed by atoms with van der Waals surface area (Å²) in [4.78, 5) is 0. The van der Waals surface area contributed by atoms with Gasteiger partial charge in [-0.25, -0.2) is 0 Å². The number of hydrogen-bond acceptors (Lipinski definition) is 2.